The minimum atomic E-state index is -0.425. The van der Waals surface area contributed by atoms with Crippen molar-refractivity contribution in [1.82, 2.24) is 5.32 Å². The Kier molecular flexibility index (Phi) is 4.49. The molecule has 0 bridgehead atoms. The summed E-state index contributed by atoms with van der Waals surface area (Å²) in [6, 6.07) is 9.19. The second kappa shape index (κ2) is 5.68. The van der Waals surface area contributed by atoms with E-state index in [1.165, 1.54) is 0 Å². The Morgan fingerprint density at radius 1 is 1.39 bits per heavy atom. The van der Waals surface area contributed by atoms with Gasteiger partial charge in [0.2, 0.25) is 0 Å². The maximum absolute atomic E-state index is 12.2. The molecule has 3 nitrogen and oxygen atoms in total. The third kappa shape index (κ3) is 3.33. The SMILES string of the molecule is CCC(C#N)NC(=O)c1ccccc1C(C)(C)C. The van der Waals surface area contributed by atoms with Crippen molar-refractivity contribution in [2.75, 3.05) is 0 Å². The summed E-state index contributed by atoms with van der Waals surface area (Å²) in [7, 11) is 0. The lowest BCUT2D eigenvalue weighted by Gasteiger charge is -2.22. The fraction of sp³-hybridized carbons (Fsp3) is 0.467. The number of rotatable bonds is 3. The largest absolute Gasteiger partial charge is 0.336 e. The molecule has 1 atom stereocenters. The minimum Gasteiger partial charge on any atom is -0.336 e. The highest BCUT2D eigenvalue weighted by Gasteiger charge is 2.22. The number of nitriles is 1. The Morgan fingerprint density at radius 2 is 2.00 bits per heavy atom. The number of hydrogen-bond acceptors (Lipinski definition) is 2. The Morgan fingerprint density at radius 3 is 2.50 bits per heavy atom. The summed E-state index contributed by atoms with van der Waals surface area (Å²) in [6.45, 7) is 8.09. The van der Waals surface area contributed by atoms with Crippen LogP contribution in [0.5, 0.6) is 0 Å². The maximum Gasteiger partial charge on any atom is 0.252 e. The van der Waals surface area contributed by atoms with Crippen LogP contribution in [0.1, 0.15) is 50.0 Å². The monoisotopic (exact) mass is 244 g/mol. The number of benzene rings is 1. The lowest BCUT2D eigenvalue weighted by molar-refractivity contribution is 0.0942. The number of amides is 1. The normalized spacial score (nSPS) is 12.6. The molecule has 0 fully saturated rings. The smallest absolute Gasteiger partial charge is 0.252 e. The fourth-order valence-corrected chi connectivity index (χ4v) is 1.80. The molecule has 0 radical (unpaired) electrons. The van der Waals surface area contributed by atoms with Crippen LogP contribution in [-0.2, 0) is 5.41 Å². The highest BCUT2D eigenvalue weighted by molar-refractivity contribution is 5.96. The predicted molar refractivity (Wildman–Crippen MR) is 72.3 cm³/mol. The van der Waals surface area contributed by atoms with Crippen molar-refractivity contribution in [2.45, 2.75) is 45.6 Å². The molecule has 0 heterocycles. The first-order valence-corrected chi connectivity index (χ1v) is 6.20. The second-order valence-corrected chi connectivity index (χ2v) is 5.36. The van der Waals surface area contributed by atoms with Crippen LogP contribution < -0.4 is 5.32 Å². The summed E-state index contributed by atoms with van der Waals surface area (Å²) in [5.41, 5.74) is 1.55. The van der Waals surface area contributed by atoms with Gasteiger partial charge in [-0.2, -0.15) is 5.26 Å². The van der Waals surface area contributed by atoms with Crippen LogP contribution in [0.4, 0.5) is 0 Å². The van der Waals surface area contributed by atoms with Crippen molar-refractivity contribution in [3.63, 3.8) is 0 Å². The van der Waals surface area contributed by atoms with Gasteiger partial charge in [0, 0.05) is 5.56 Å². The molecule has 0 spiro atoms. The minimum absolute atomic E-state index is 0.0950. The molecule has 0 aromatic heterocycles. The zero-order valence-corrected chi connectivity index (χ0v) is 11.4. The molecule has 3 heteroatoms. The first kappa shape index (κ1) is 14.2. The molecule has 0 aliphatic heterocycles. The first-order valence-electron chi connectivity index (χ1n) is 6.20. The zero-order chi connectivity index (χ0) is 13.8. The van der Waals surface area contributed by atoms with Crippen molar-refractivity contribution in [3.05, 3.63) is 35.4 Å². The van der Waals surface area contributed by atoms with E-state index in [0.29, 0.717) is 12.0 Å². The van der Waals surface area contributed by atoms with Gasteiger partial charge in [-0.25, -0.2) is 0 Å². The lowest BCUT2D eigenvalue weighted by Crippen LogP contribution is -2.34. The van der Waals surface area contributed by atoms with Gasteiger partial charge in [-0.1, -0.05) is 45.9 Å². The van der Waals surface area contributed by atoms with E-state index in [2.05, 4.69) is 32.2 Å². The average molecular weight is 244 g/mol. The highest BCUT2D eigenvalue weighted by atomic mass is 16.1. The third-order valence-corrected chi connectivity index (χ3v) is 2.85. The van der Waals surface area contributed by atoms with E-state index in [-0.39, 0.29) is 11.3 Å². The Bertz CT molecular complexity index is 466. The van der Waals surface area contributed by atoms with Crippen LogP contribution in [0.25, 0.3) is 0 Å². The van der Waals surface area contributed by atoms with Crippen LogP contribution in [-0.4, -0.2) is 11.9 Å². The summed E-state index contributed by atoms with van der Waals surface area (Å²) >= 11 is 0. The van der Waals surface area contributed by atoms with Gasteiger partial charge in [-0.15, -0.1) is 0 Å². The third-order valence-electron chi connectivity index (χ3n) is 2.85. The zero-order valence-electron chi connectivity index (χ0n) is 11.4. The first-order chi connectivity index (χ1) is 8.40. The number of carbonyl (C=O) groups excluding carboxylic acids is 1. The van der Waals surface area contributed by atoms with Gasteiger partial charge in [0.05, 0.1) is 6.07 Å². The summed E-state index contributed by atoms with van der Waals surface area (Å²) in [6.07, 6.45) is 0.611. The van der Waals surface area contributed by atoms with E-state index < -0.39 is 6.04 Å². The van der Waals surface area contributed by atoms with Crippen molar-refractivity contribution >= 4 is 5.91 Å². The van der Waals surface area contributed by atoms with Gasteiger partial charge in [0.25, 0.3) is 5.91 Å². The average Bonchev–Trinajstić information content (AvgIpc) is 2.34. The Hall–Kier alpha value is -1.82. The van der Waals surface area contributed by atoms with Crippen LogP contribution in [0.2, 0.25) is 0 Å². The molecule has 1 aromatic rings. The number of hydrogen-bond donors (Lipinski definition) is 1. The maximum atomic E-state index is 12.2. The molecule has 0 aliphatic rings. The van der Waals surface area contributed by atoms with Gasteiger partial charge in [0.1, 0.15) is 6.04 Å². The van der Waals surface area contributed by atoms with Crippen molar-refractivity contribution in [3.8, 4) is 6.07 Å². The van der Waals surface area contributed by atoms with E-state index >= 15 is 0 Å². The van der Waals surface area contributed by atoms with Crippen molar-refractivity contribution in [2.24, 2.45) is 0 Å². The van der Waals surface area contributed by atoms with E-state index in [1.807, 2.05) is 25.1 Å². The van der Waals surface area contributed by atoms with E-state index in [1.54, 1.807) is 6.07 Å². The van der Waals surface area contributed by atoms with Crippen LogP contribution in [0.15, 0.2) is 24.3 Å². The van der Waals surface area contributed by atoms with Crippen molar-refractivity contribution < 1.29 is 4.79 Å². The number of carbonyl (C=O) groups is 1. The van der Waals surface area contributed by atoms with E-state index in [4.69, 9.17) is 5.26 Å². The molecule has 0 aliphatic carbocycles. The molecule has 1 N–H and O–H groups in total. The summed E-state index contributed by atoms with van der Waals surface area (Å²) in [4.78, 5) is 12.2. The lowest BCUT2D eigenvalue weighted by atomic mass is 9.83. The summed E-state index contributed by atoms with van der Waals surface area (Å²) < 4.78 is 0. The molecule has 18 heavy (non-hydrogen) atoms. The summed E-state index contributed by atoms with van der Waals surface area (Å²) in [5, 5.41) is 11.6. The van der Waals surface area contributed by atoms with E-state index in [0.717, 1.165) is 5.56 Å². The van der Waals surface area contributed by atoms with Gasteiger partial charge >= 0.3 is 0 Å². The molecule has 0 saturated heterocycles. The standard InChI is InChI=1S/C15H20N2O/c1-5-11(10-16)17-14(18)12-8-6-7-9-13(12)15(2,3)4/h6-9,11H,5H2,1-4H3,(H,17,18). The topological polar surface area (TPSA) is 52.9 Å². The second-order valence-electron chi connectivity index (χ2n) is 5.36. The van der Waals surface area contributed by atoms with E-state index in [9.17, 15) is 4.79 Å². The number of nitrogens with one attached hydrogen (secondary N) is 1. The molecule has 1 rings (SSSR count). The molecule has 96 valence electrons. The van der Waals surface area contributed by atoms with Gasteiger partial charge < -0.3 is 5.32 Å². The van der Waals surface area contributed by atoms with Crippen LogP contribution in [0, 0.1) is 11.3 Å². The Labute approximate surface area is 109 Å². The number of nitrogens with zero attached hydrogens (tertiary/aromatic N) is 1. The van der Waals surface area contributed by atoms with Crippen molar-refractivity contribution in [1.29, 1.82) is 5.26 Å². The highest BCUT2D eigenvalue weighted by Crippen LogP contribution is 2.25. The Balaban J connectivity index is 3.04. The fourth-order valence-electron chi connectivity index (χ4n) is 1.80. The molecule has 1 unspecified atom stereocenters. The van der Waals surface area contributed by atoms with Crippen LogP contribution in [0.3, 0.4) is 0 Å². The van der Waals surface area contributed by atoms with Gasteiger partial charge in [-0.3, -0.25) is 4.79 Å². The molecule has 0 saturated carbocycles. The summed E-state index contributed by atoms with van der Waals surface area (Å²) in [5.74, 6) is -0.172. The quantitative estimate of drug-likeness (QED) is 0.888. The van der Waals surface area contributed by atoms with Gasteiger partial charge in [-0.05, 0) is 23.5 Å². The molecular formula is C15H20N2O. The molecule has 1 aromatic carbocycles. The van der Waals surface area contributed by atoms with Gasteiger partial charge in [0.15, 0.2) is 0 Å². The molecule has 1 amide bonds. The molecular weight excluding hydrogens is 224 g/mol. The predicted octanol–water partition coefficient (Wildman–Crippen LogP) is 3.02. The van der Waals surface area contributed by atoms with Crippen LogP contribution >= 0.6 is 0 Å².